The van der Waals surface area contributed by atoms with Crippen LogP contribution in [0.2, 0.25) is 0 Å². The quantitative estimate of drug-likeness (QED) is 0.0195. The predicted molar refractivity (Wildman–Crippen MR) is 425 cm³/mol. The Bertz CT molecular complexity index is 2240. The van der Waals surface area contributed by atoms with Gasteiger partial charge >= 0.3 is 11.9 Å². The Morgan fingerprint density at radius 2 is 0.545 bits per heavy atom. The van der Waals surface area contributed by atoms with Gasteiger partial charge in [0.25, 0.3) is 0 Å². The topological polar surface area (TPSA) is 111 Å². The fourth-order valence-electron chi connectivity index (χ4n) is 10.9. The zero-order valence-electron chi connectivity index (χ0n) is 64.3. The van der Waals surface area contributed by atoms with E-state index in [-0.39, 0.29) is 38.6 Å². The van der Waals surface area contributed by atoms with Crippen LogP contribution >= 0.6 is 0 Å². The number of likely N-dealkylation sites (N-methyl/N-ethyl adjacent to an activating group) is 1. The van der Waals surface area contributed by atoms with Gasteiger partial charge in [-0.3, -0.25) is 9.59 Å². The third-order valence-electron chi connectivity index (χ3n) is 17.0. The molecule has 0 amide bonds. The van der Waals surface area contributed by atoms with Crippen molar-refractivity contribution < 1.29 is 42.9 Å². The number of nitrogens with zero attached hydrogens (tertiary/aromatic N) is 1. The Morgan fingerprint density at radius 1 is 0.303 bits per heavy atom. The van der Waals surface area contributed by atoms with Crippen molar-refractivity contribution in [1.29, 1.82) is 0 Å². The van der Waals surface area contributed by atoms with Gasteiger partial charge in [-0.15, -0.1) is 0 Å². The molecular weight excluding hydrogens is 1220 g/mol. The summed E-state index contributed by atoms with van der Waals surface area (Å²) in [7, 11) is 5.93. The lowest BCUT2D eigenvalue weighted by Gasteiger charge is -2.26. The number of ether oxygens (including phenoxy) is 4. The van der Waals surface area contributed by atoms with Crippen LogP contribution in [0.1, 0.15) is 322 Å². The van der Waals surface area contributed by atoms with Crippen molar-refractivity contribution in [3.63, 3.8) is 0 Å². The second-order valence-corrected chi connectivity index (χ2v) is 27.6. The SMILES string of the molecule is CC/C=C\C/C=C\C/C=C\C/C=C\C/C=C\C/C=C\C/C=C\C/C=C\C/C=C\CCCCCCCCCCCC(=O)OC(COC(=O)CCCCCCCCCCCCCCCCCCCCCCC/C=C\C/C=C\C/C=C\C/C=C\C/C=C\CC)COC(OCC[N+](C)(C)C)C(=O)[O-]. The number of unbranched alkanes of at least 4 members (excludes halogenated alkanes) is 30. The standard InChI is InChI=1S/C90H149NO8/c1-6-8-10-12-14-16-18-20-22-24-26-28-30-32-34-36-38-40-42-44-46-48-50-52-54-56-58-60-62-64-66-68-70-72-74-76-78-80-87(92)97-84-86(85-98-90(89(94)95)96-83-82-91(3,4)5)99-88(93)81-79-77-75-73-71-69-67-65-63-61-59-57-55-53-51-49-47-45-43-41-39-37-35-33-31-29-27-25-23-21-19-17-15-13-11-9-7-2/h8-11,14-17,20-23,26-29,32-35,39,41,45,47,51,53,57,59,86,90H,6-7,12-13,18-19,24-25,30-31,36-38,40,42-44,46,48-50,52,54-56,58,60-85H2,1-5H3/b10-8-,11-9-,16-14-,17-15-,22-20-,23-21-,28-26-,29-27-,34-32-,35-33-,41-39-,47-45-,53-51-,59-57-. The van der Waals surface area contributed by atoms with Gasteiger partial charge in [-0.25, -0.2) is 0 Å². The van der Waals surface area contributed by atoms with E-state index in [1.165, 1.54) is 154 Å². The molecule has 0 rings (SSSR count). The minimum Gasteiger partial charge on any atom is -0.545 e. The summed E-state index contributed by atoms with van der Waals surface area (Å²) >= 11 is 0. The van der Waals surface area contributed by atoms with Gasteiger partial charge in [-0.2, -0.15) is 0 Å². The maximum atomic E-state index is 13.0. The Hall–Kier alpha value is -5.35. The molecule has 2 atom stereocenters. The molecule has 0 N–H and O–H groups in total. The first kappa shape index (κ1) is 93.6. The van der Waals surface area contributed by atoms with Crippen LogP contribution in [0.25, 0.3) is 0 Å². The zero-order valence-corrected chi connectivity index (χ0v) is 64.3. The third-order valence-corrected chi connectivity index (χ3v) is 17.0. The minimum atomic E-state index is -1.63. The summed E-state index contributed by atoms with van der Waals surface area (Å²) in [5.74, 6) is -2.29. The molecule has 0 aromatic heterocycles. The number of esters is 2. The smallest absolute Gasteiger partial charge is 0.306 e. The maximum Gasteiger partial charge on any atom is 0.306 e. The number of hydrogen-bond donors (Lipinski definition) is 0. The predicted octanol–water partition coefficient (Wildman–Crippen LogP) is 24.8. The van der Waals surface area contributed by atoms with Crippen LogP contribution in [-0.2, 0) is 33.3 Å². The van der Waals surface area contributed by atoms with Crippen molar-refractivity contribution >= 4 is 17.9 Å². The molecule has 0 spiro atoms. The van der Waals surface area contributed by atoms with Crippen LogP contribution in [-0.4, -0.2) is 82.3 Å². The molecule has 99 heavy (non-hydrogen) atoms. The van der Waals surface area contributed by atoms with E-state index in [1.807, 2.05) is 21.1 Å². The van der Waals surface area contributed by atoms with Crippen molar-refractivity contribution in [2.45, 2.75) is 334 Å². The highest BCUT2D eigenvalue weighted by Crippen LogP contribution is 2.18. The number of carbonyl (C=O) groups is 3. The average Bonchev–Trinajstić information content (AvgIpc) is 2.19. The molecule has 0 aliphatic carbocycles. The summed E-state index contributed by atoms with van der Waals surface area (Å²) in [6.45, 7) is 4.53. The molecule has 0 saturated carbocycles. The van der Waals surface area contributed by atoms with Crippen LogP contribution < -0.4 is 5.11 Å². The number of rotatable bonds is 73. The molecule has 562 valence electrons. The van der Waals surface area contributed by atoms with Crippen LogP contribution in [0, 0.1) is 0 Å². The van der Waals surface area contributed by atoms with E-state index in [4.69, 9.17) is 18.9 Å². The van der Waals surface area contributed by atoms with E-state index in [9.17, 15) is 19.5 Å². The Balaban J connectivity index is 4.08. The van der Waals surface area contributed by atoms with Crippen molar-refractivity contribution in [2.75, 3.05) is 47.5 Å². The number of carboxylic acids is 1. The lowest BCUT2D eigenvalue weighted by Crippen LogP contribution is -2.44. The van der Waals surface area contributed by atoms with E-state index < -0.39 is 24.3 Å². The van der Waals surface area contributed by atoms with Crippen molar-refractivity contribution in [2.24, 2.45) is 0 Å². The molecule has 0 saturated heterocycles. The van der Waals surface area contributed by atoms with E-state index in [1.54, 1.807) is 0 Å². The minimum absolute atomic E-state index is 0.140. The van der Waals surface area contributed by atoms with Gasteiger partial charge < -0.3 is 33.3 Å². The third kappa shape index (κ3) is 79.8. The first-order valence-corrected chi connectivity index (χ1v) is 40.3. The molecular formula is C90H149NO8. The van der Waals surface area contributed by atoms with E-state index in [2.05, 4.69) is 184 Å². The first-order chi connectivity index (χ1) is 48.6. The summed E-state index contributed by atoms with van der Waals surface area (Å²) < 4.78 is 22.9. The fourth-order valence-corrected chi connectivity index (χ4v) is 10.9. The number of carbonyl (C=O) groups excluding carboxylic acids is 3. The lowest BCUT2D eigenvalue weighted by molar-refractivity contribution is -0.870. The molecule has 2 unspecified atom stereocenters. The highest BCUT2D eigenvalue weighted by Gasteiger charge is 2.22. The molecule has 0 bridgehead atoms. The van der Waals surface area contributed by atoms with Crippen LogP contribution in [0.15, 0.2) is 170 Å². The molecule has 0 aromatic carbocycles. The largest absolute Gasteiger partial charge is 0.545 e. The van der Waals surface area contributed by atoms with Gasteiger partial charge in [0.1, 0.15) is 13.2 Å². The van der Waals surface area contributed by atoms with Gasteiger partial charge in [-0.1, -0.05) is 351 Å². The summed E-state index contributed by atoms with van der Waals surface area (Å²) in [4.78, 5) is 37.6. The summed E-state index contributed by atoms with van der Waals surface area (Å²) in [5.41, 5.74) is 0. The second-order valence-electron chi connectivity index (χ2n) is 27.6. The first-order valence-electron chi connectivity index (χ1n) is 40.3. The number of allylic oxidation sites excluding steroid dienone is 28. The highest BCUT2D eigenvalue weighted by molar-refractivity contribution is 5.70. The molecule has 9 nitrogen and oxygen atoms in total. The lowest BCUT2D eigenvalue weighted by atomic mass is 10.0. The maximum absolute atomic E-state index is 13.0. The normalized spacial score (nSPS) is 13.6. The monoisotopic (exact) mass is 1370 g/mol. The molecule has 0 radical (unpaired) electrons. The van der Waals surface area contributed by atoms with Crippen molar-refractivity contribution in [3.05, 3.63) is 170 Å². The van der Waals surface area contributed by atoms with Crippen LogP contribution in [0.3, 0.4) is 0 Å². The number of aliphatic carboxylic acids is 1. The van der Waals surface area contributed by atoms with Gasteiger partial charge in [-0.05, 0) is 128 Å². The molecule has 9 heteroatoms. The van der Waals surface area contributed by atoms with Crippen molar-refractivity contribution in [1.82, 2.24) is 0 Å². The number of carboxylic acid groups (broad SMARTS) is 1. The van der Waals surface area contributed by atoms with Crippen LogP contribution in [0.4, 0.5) is 0 Å². The van der Waals surface area contributed by atoms with Gasteiger partial charge in [0, 0.05) is 12.8 Å². The molecule has 0 aliphatic rings. The molecule has 0 heterocycles. The Kier molecular flexibility index (Phi) is 74.1. The average molecular weight is 1370 g/mol. The van der Waals surface area contributed by atoms with Gasteiger partial charge in [0.05, 0.1) is 40.3 Å². The Labute approximate surface area is 609 Å². The molecule has 0 aliphatic heterocycles. The summed E-state index contributed by atoms with van der Waals surface area (Å²) in [6.07, 6.45) is 115. The van der Waals surface area contributed by atoms with Gasteiger partial charge in [0.15, 0.2) is 12.4 Å². The molecule has 0 fully saturated rings. The fraction of sp³-hybridized carbons (Fsp3) is 0.656. The van der Waals surface area contributed by atoms with Crippen LogP contribution in [0.5, 0.6) is 0 Å². The molecule has 0 aromatic rings. The van der Waals surface area contributed by atoms with E-state index in [0.29, 0.717) is 17.4 Å². The number of hydrogen-bond acceptors (Lipinski definition) is 8. The van der Waals surface area contributed by atoms with Crippen molar-refractivity contribution in [3.8, 4) is 0 Å². The number of quaternary nitrogens is 1. The van der Waals surface area contributed by atoms with E-state index in [0.717, 1.165) is 135 Å². The highest BCUT2D eigenvalue weighted by atomic mass is 16.7. The zero-order chi connectivity index (χ0) is 71.8. The Morgan fingerprint density at radius 3 is 0.808 bits per heavy atom. The summed E-state index contributed by atoms with van der Waals surface area (Å²) in [6, 6.07) is 0. The summed E-state index contributed by atoms with van der Waals surface area (Å²) in [5, 5.41) is 11.9. The van der Waals surface area contributed by atoms with E-state index >= 15 is 0 Å². The second kappa shape index (κ2) is 78.4. The van der Waals surface area contributed by atoms with Gasteiger partial charge in [0.2, 0.25) is 0 Å².